The summed E-state index contributed by atoms with van der Waals surface area (Å²) in [6.45, 7) is 2.72. The molecule has 0 spiro atoms. The number of rotatable bonds is 5. The number of thiazole rings is 1. The molecule has 0 atom stereocenters. The van der Waals surface area contributed by atoms with Gasteiger partial charge < -0.3 is 9.69 Å². The third kappa shape index (κ3) is 4.11. The maximum absolute atomic E-state index is 11.6. The molecule has 0 saturated carbocycles. The van der Waals surface area contributed by atoms with E-state index in [4.69, 9.17) is 0 Å². The molecule has 1 aliphatic heterocycles. The van der Waals surface area contributed by atoms with Gasteiger partial charge in [-0.3, -0.25) is 9.69 Å². The SMILES string of the molecule is CN(C)C(=O)Cc1nc(CN2CCC(C=O)CC2)cs1. The molecule has 1 aliphatic rings. The molecule has 1 fully saturated rings. The van der Waals surface area contributed by atoms with Crippen molar-refractivity contribution in [2.45, 2.75) is 25.8 Å². The molecule has 5 nitrogen and oxygen atoms in total. The average molecular weight is 295 g/mol. The molecule has 2 heterocycles. The predicted octanol–water partition coefficient (Wildman–Crippen LogP) is 1.18. The van der Waals surface area contributed by atoms with Gasteiger partial charge in [0.2, 0.25) is 5.91 Å². The number of amides is 1. The lowest BCUT2D eigenvalue weighted by Gasteiger charge is -2.28. The normalized spacial score (nSPS) is 17.1. The maximum atomic E-state index is 11.6. The molecule has 1 amide bonds. The van der Waals surface area contributed by atoms with Gasteiger partial charge in [0.15, 0.2) is 0 Å². The lowest BCUT2D eigenvalue weighted by atomic mass is 9.99. The number of nitrogens with zero attached hydrogens (tertiary/aromatic N) is 3. The van der Waals surface area contributed by atoms with Crippen LogP contribution in [0.4, 0.5) is 0 Å². The summed E-state index contributed by atoms with van der Waals surface area (Å²) in [5.41, 5.74) is 1.03. The average Bonchev–Trinajstić information content (AvgIpc) is 2.86. The van der Waals surface area contributed by atoms with E-state index in [2.05, 4.69) is 9.88 Å². The Hall–Kier alpha value is -1.27. The molecule has 1 aromatic rings. The van der Waals surface area contributed by atoms with E-state index >= 15 is 0 Å². The van der Waals surface area contributed by atoms with Crippen LogP contribution >= 0.6 is 11.3 Å². The van der Waals surface area contributed by atoms with E-state index in [9.17, 15) is 9.59 Å². The van der Waals surface area contributed by atoms with Crippen LogP contribution in [0, 0.1) is 5.92 Å². The summed E-state index contributed by atoms with van der Waals surface area (Å²) < 4.78 is 0. The molecule has 0 N–H and O–H groups in total. The van der Waals surface area contributed by atoms with Gasteiger partial charge in [-0.1, -0.05) is 0 Å². The first-order valence-electron chi connectivity index (χ1n) is 6.89. The first-order valence-corrected chi connectivity index (χ1v) is 7.77. The van der Waals surface area contributed by atoms with Crippen LogP contribution in [0.25, 0.3) is 0 Å². The standard InChI is InChI=1S/C14H21N3O2S/c1-16(2)14(19)7-13-15-12(10-20-13)8-17-5-3-11(9-18)4-6-17/h9-11H,3-8H2,1-2H3. The third-order valence-corrected chi connectivity index (χ3v) is 4.51. The van der Waals surface area contributed by atoms with E-state index < -0.39 is 0 Å². The van der Waals surface area contributed by atoms with E-state index in [1.807, 2.05) is 5.38 Å². The van der Waals surface area contributed by atoms with Gasteiger partial charge in [-0.25, -0.2) is 4.98 Å². The second-order valence-electron chi connectivity index (χ2n) is 5.45. The first-order chi connectivity index (χ1) is 9.58. The molecule has 1 saturated heterocycles. The Labute approximate surface area is 123 Å². The summed E-state index contributed by atoms with van der Waals surface area (Å²) in [7, 11) is 3.52. The van der Waals surface area contributed by atoms with Crippen molar-refractivity contribution >= 4 is 23.5 Å². The van der Waals surface area contributed by atoms with Gasteiger partial charge in [-0.05, 0) is 25.9 Å². The molecule has 2 rings (SSSR count). The number of aldehydes is 1. The quantitative estimate of drug-likeness (QED) is 0.766. The Bertz CT molecular complexity index is 465. The zero-order chi connectivity index (χ0) is 14.5. The number of likely N-dealkylation sites (tertiary alicyclic amines) is 1. The Morgan fingerprint density at radius 3 is 2.80 bits per heavy atom. The summed E-state index contributed by atoms with van der Waals surface area (Å²) in [6, 6.07) is 0. The first kappa shape index (κ1) is 15.1. The van der Waals surface area contributed by atoms with Gasteiger partial charge in [0.25, 0.3) is 0 Å². The van der Waals surface area contributed by atoms with Gasteiger partial charge >= 0.3 is 0 Å². The number of carbonyl (C=O) groups excluding carboxylic acids is 2. The number of aromatic nitrogens is 1. The largest absolute Gasteiger partial charge is 0.348 e. The molecule has 0 radical (unpaired) electrons. The van der Waals surface area contributed by atoms with Crippen LogP contribution in [-0.2, 0) is 22.6 Å². The number of carbonyl (C=O) groups is 2. The fourth-order valence-corrected chi connectivity index (χ4v) is 3.04. The maximum Gasteiger partial charge on any atom is 0.228 e. The highest BCUT2D eigenvalue weighted by Gasteiger charge is 2.19. The molecule has 1 aromatic heterocycles. The lowest BCUT2D eigenvalue weighted by Crippen LogP contribution is -2.33. The van der Waals surface area contributed by atoms with Crippen molar-refractivity contribution in [1.29, 1.82) is 0 Å². The number of hydrogen-bond acceptors (Lipinski definition) is 5. The second-order valence-corrected chi connectivity index (χ2v) is 6.39. The van der Waals surface area contributed by atoms with Crippen molar-refractivity contribution in [3.05, 3.63) is 16.1 Å². The van der Waals surface area contributed by atoms with E-state index in [1.54, 1.807) is 30.3 Å². The van der Waals surface area contributed by atoms with Crippen molar-refractivity contribution in [2.24, 2.45) is 5.92 Å². The van der Waals surface area contributed by atoms with Gasteiger partial charge in [0.1, 0.15) is 11.3 Å². The van der Waals surface area contributed by atoms with E-state index in [1.165, 1.54) is 0 Å². The minimum Gasteiger partial charge on any atom is -0.348 e. The zero-order valence-corrected chi connectivity index (χ0v) is 12.9. The van der Waals surface area contributed by atoms with Crippen molar-refractivity contribution < 1.29 is 9.59 Å². The summed E-state index contributed by atoms with van der Waals surface area (Å²) in [5.74, 6) is 0.313. The van der Waals surface area contributed by atoms with Crippen molar-refractivity contribution in [3.63, 3.8) is 0 Å². The fraction of sp³-hybridized carbons (Fsp3) is 0.643. The van der Waals surface area contributed by atoms with E-state index in [0.29, 0.717) is 6.42 Å². The van der Waals surface area contributed by atoms with Crippen LogP contribution in [-0.4, -0.2) is 54.2 Å². The minimum atomic E-state index is 0.0812. The molecule has 110 valence electrons. The van der Waals surface area contributed by atoms with E-state index in [0.717, 1.165) is 49.5 Å². The predicted molar refractivity (Wildman–Crippen MR) is 78.6 cm³/mol. The van der Waals surface area contributed by atoms with Crippen molar-refractivity contribution in [1.82, 2.24) is 14.8 Å². The molecule has 0 bridgehead atoms. The summed E-state index contributed by atoms with van der Waals surface area (Å²) in [6.07, 6.45) is 3.34. The van der Waals surface area contributed by atoms with Crippen molar-refractivity contribution in [3.8, 4) is 0 Å². The molecule has 0 aromatic carbocycles. The summed E-state index contributed by atoms with van der Waals surface area (Å²) in [5, 5.41) is 2.91. The zero-order valence-electron chi connectivity index (χ0n) is 12.0. The van der Waals surface area contributed by atoms with Gasteiger partial charge in [-0.2, -0.15) is 0 Å². The smallest absolute Gasteiger partial charge is 0.228 e. The van der Waals surface area contributed by atoms with Gasteiger partial charge in [0, 0.05) is 31.9 Å². The third-order valence-electron chi connectivity index (χ3n) is 3.61. The van der Waals surface area contributed by atoms with Crippen LogP contribution < -0.4 is 0 Å². The lowest BCUT2D eigenvalue weighted by molar-refractivity contribution is -0.127. The Balaban J connectivity index is 1.84. The monoisotopic (exact) mass is 295 g/mol. The highest BCUT2D eigenvalue weighted by molar-refractivity contribution is 7.09. The Morgan fingerprint density at radius 2 is 2.20 bits per heavy atom. The Morgan fingerprint density at radius 1 is 1.50 bits per heavy atom. The fourth-order valence-electron chi connectivity index (χ4n) is 2.27. The van der Waals surface area contributed by atoms with Crippen LogP contribution in [0.15, 0.2) is 5.38 Å². The summed E-state index contributed by atoms with van der Waals surface area (Å²) >= 11 is 1.55. The minimum absolute atomic E-state index is 0.0812. The molecule has 6 heteroatoms. The van der Waals surface area contributed by atoms with Crippen LogP contribution in [0.1, 0.15) is 23.5 Å². The van der Waals surface area contributed by atoms with Crippen molar-refractivity contribution in [2.75, 3.05) is 27.2 Å². The highest BCUT2D eigenvalue weighted by Crippen LogP contribution is 2.18. The summed E-state index contributed by atoms with van der Waals surface area (Å²) in [4.78, 5) is 30.8. The van der Waals surface area contributed by atoms with Crippen LogP contribution in [0.2, 0.25) is 0 Å². The number of piperidine rings is 1. The number of likely N-dealkylation sites (N-methyl/N-ethyl adjacent to an activating group) is 1. The second kappa shape index (κ2) is 6.95. The molecule has 0 unspecified atom stereocenters. The molecular weight excluding hydrogens is 274 g/mol. The van der Waals surface area contributed by atoms with Crippen LogP contribution in [0.3, 0.4) is 0 Å². The van der Waals surface area contributed by atoms with E-state index in [-0.39, 0.29) is 11.8 Å². The molecule has 0 aliphatic carbocycles. The molecule has 20 heavy (non-hydrogen) atoms. The number of hydrogen-bond donors (Lipinski definition) is 0. The van der Waals surface area contributed by atoms with Gasteiger partial charge in [0.05, 0.1) is 12.1 Å². The van der Waals surface area contributed by atoms with Gasteiger partial charge in [-0.15, -0.1) is 11.3 Å². The highest BCUT2D eigenvalue weighted by atomic mass is 32.1. The Kier molecular flexibility index (Phi) is 5.25. The topological polar surface area (TPSA) is 53.5 Å². The molecular formula is C14H21N3O2S. The van der Waals surface area contributed by atoms with Crippen LogP contribution in [0.5, 0.6) is 0 Å².